The molecule has 0 bridgehead atoms. The van der Waals surface area contributed by atoms with Crippen molar-refractivity contribution in [2.45, 2.75) is 13.0 Å². The number of rotatable bonds is 6. The topological polar surface area (TPSA) is 72.5 Å². The molecule has 5 nitrogen and oxygen atoms in total. The van der Waals surface area contributed by atoms with E-state index in [9.17, 15) is 14.4 Å². The smallest absolute Gasteiger partial charge is 0.217 e. The molecule has 24 heavy (non-hydrogen) atoms. The fraction of sp³-hybridized carbons (Fsp3) is 0.167. The summed E-state index contributed by atoms with van der Waals surface area (Å²) in [6.07, 6.45) is 0. The van der Waals surface area contributed by atoms with Crippen LogP contribution in [0.1, 0.15) is 27.6 Å². The first kappa shape index (κ1) is 17.7. The maximum atomic E-state index is 12.7. The van der Waals surface area contributed by atoms with Crippen LogP contribution < -0.4 is 10.1 Å². The van der Waals surface area contributed by atoms with E-state index in [0.717, 1.165) is 0 Å². The highest BCUT2D eigenvalue weighted by Crippen LogP contribution is 2.16. The second-order valence-corrected chi connectivity index (χ2v) is 5.53. The molecule has 1 amide bonds. The van der Waals surface area contributed by atoms with Gasteiger partial charge in [-0.15, -0.1) is 0 Å². The standard InChI is InChI=1S/C18H16ClNO4/c1-11(21)20-16(17(22)12-3-7-14(19)8-4-12)18(23)13-5-9-15(24-2)10-6-13/h3-10,16H,1-2H3,(H,20,21). The molecule has 0 heterocycles. The zero-order valence-corrected chi connectivity index (χ0v) is 14.0. The van der Waals surface area contributed by atoms with Crippen molar-refractivity contribution in [2.75, 3.05) is 7.11 Å². The second-order valence-electron chi connectivity index (χ2n) is 5.10. The summed E-state index contributed by atoms with van der Waals surface area (Å²) >= 11 is 5.81. The lowest BCUT2D eigenvalue weighted by molar-refractivity contribution is -0.119. The molecule has 2 aromatic rings. The number of ketones is 2. The SMILES string of the molecule is COc1ccc(C(=O)C(NC(C)=O)C(=O)c2ccc(Cl)cc2)cc1. The Labute approximate surface area is 144 Å². The van der Waals surface area contributed by atoms with Crippen LogP contribution in [0.2, 0.25) is 5.02 Å². The number of Topliss-reactive ketones (excluding diaryl/α,β-unsaturated/α-hetero) is 2. The lowest BCUT2D eigenvalue weighted by atomic mass is 9.96. The van der Waals surface area contributed by atoms with E-state index in [-0.39, 0.29) is 0 Å². The van der Waals surface area contributed by atoms with Crippen LogP contribution in [0, 0.1) is 0 Å². The third-order valence-corrected chi connectivity index (χ3v) is 3.63. The molecule has 1 N–H and O–H groups in total. The summed E-state index contributed by atoms with van der Waals surface area (Å²) in [6.45, 7) is 1.25. The Morgan fingerprint density at radius 1 is 0.917 bits per heavy atom. The van der Waals surface area contributed by atoms with Crippen molar-refractivity contribution in [2.24, 2.45) is 0 Å². The van der Waals surface area contributed by atoms with Crippen LogP contribution in [0.4, 0.5) is 0 Å². The molecule has 0 aliphatic carbocycles. The molecule has 0 saturated carbocycles. The summed E-state index contributed by atoms with van der Waals surface area (Å²) in [5.74, 6) is -0.869. The van der Waals surface area contributed by atoms with Gasteiger partial charge in [0.05, 0.1) is 7.11 Å². The first-order valence-electron chi connectivity index (χ1n) is 7.17. The van der Waals surface area contributed by atoms with Crippen molar-refractivity contribution in [1.29, 1.82) is 0 Å². The van der Waals surface area contributed by atoms with Gasteiger partial charge in [0.25, 0.3) is 0 Å². The van der Waals surface area contributed by atoms with Crippen LogP contribution in [0.25, 0.3) is 0 Å². The van der Waals surface area contributed by atoms with E-state index >= 15 is 0 Å². The lowest BCUT2D eigenvalue weighted by Crippen LogP contribution is -2.45. The maximum Gasteiger partial charge on any atom is 0.217 e. The number of nitrogens with one attached hydrogen (secondary N) is 1. The van der Waals surface area contributed by atoms with Gasteiger partial charge in [0.15, 0.2) is 17.6 Å². The van der Waals surface area contributed by atoms with Crippen molar-refractivity contribution in [3.8, 4) is 5.75 Å². The summed E-state index contributed by atoms with van der Waals surface area (Å²) < 4.78 is 5.04. The second kappa shape index (κ2) is 7.75. The largest absolute Gasteiger partial charge is 0.497 e. The van der Waals surface area contributed by atoms with Crippen LogP contribution in [0.5, 0.6) is 5.75 Å². The highest BCUT2D eigenvalue weighted by molar-refractivity contribution is 6.30. The summed E-state index contributed by atoms with van der Waals surface area (Å²) in [5, 5.41) is 2.89. The van der Waals surface area contributed by atoms with Crippen molar-refractivity contribution in [3.63, 3.8) is 0 Å². The van der Waals surface area contributed by atoms with E-state index in [1.165, 1.54) is 26.2 Å². The third kappa shape index (κ3) is 4.20. The molecule has 0 spiro atoms. The molecule has 124 valence electrons. The molecule has 0 fully saturated rings. The number of methoxy groups -OCH3 is 1. The first-order chi connectivity index (χ1) is 11.4. The minimum atomic E-state index is -1.29. The van der Waals surface area contributed by atoms with E-state index in [2.05, 4.69) is 5.32 Å². The minimum Gasteiger partial charge on any atom is -0.497 e. The number of hydrogen-bond acceptors (Lipinski definition) is 4. The Bertz CT molecular complexity index is 754. The molecule has 0 radical (unpaired) electrons. The fourth-order valence-electron chi connectivity index (χ4n) is 2.16. The van der Waals surface area contributed by atoms with Crippen molar-refractivity contribution in [1.82, 2.24) is 5.32 Å². The highest BCUT2D eigenvalue weighted by Gasteiger charge is 2.29. The summed E-state index contributed by atoms with van der Waals surface area (Å²) in [6, 6.07) is 11.2. The van der Waals surface area contributed by atoms with Crippen LogP contribution >= 0.6 is 11.6 Å². The zero-order chi connectivity index (χ0) is 17.7. The zero-order valence-electron chi connectivity index (χ0n) is 13.2. The molecule has 2 rings (SSSR count). The van der Waals surface area contributed by atoms with Crippen LogP contribution in [-0.4, -0.2) is 30.6 Å². The number of ether oxygens (including phenoxy) is 1. The molecular weight excluding hydrogens is 330 g/mol. The number of halogens is 1. The number of hydrogen-bond donors (Lipinski definition) is 1. The Hall–Kier alpha value is -2.66. The van der Waals surface area contributed by atoms with Crippen molar-refractivity contribution < 1.29 is 19.1 Å². The molecule has 6 heteroatoms. The summed E-state index contributed by atoms with van der Waals surface area (Å²) in [7, 11) is 1.51. The van der Waals surface area contributed by atoms with Crippen LogP contribution in [-0.2, 0) is 4.79 Å². The van der Waals surface area contributed by atoms with Gasteiger partial charge in [0.2, 0.25) is 5.91 Å². The minimum absolute atomic E-state index is 0.292. The molecule has 0 aliphatic rings. The van der Waals surface area contributed by atoms with Gasteiger partial charge in [-0.25, -0.2) is 0 Å². The van der Waals surface area contributed by atoms with Gasteiger partial charge >= 0.3 is 0 Å². The Morgan fingerprint density at radius 3 is 1.79 bits per heavy atom. The van der Waals surface area contributed by atoms with Crippen molar-refractivity contribution in [3.05, 3.63) is 64.7 Å². The predicted octanol–water partition coefficient (Wildman–Crippen LogP) is 2.92. The number of carbonyl (C=O) groups excluding carboxylic acids is 3. The average Bonchev–Trinajstić information content (AvgIpc) is 2.59. The molecule has 0 saturated heterocycles. The quantitative estimate of drug-likeness (QED) is 0.645. The molecule has 2 aromatic carbocycles. The van der Waals surface area contributed by atoms with Gasteiger partial charge in [-0.05, 0) is 48.5 Å². The molecule has 1 atom stereocenters. The first-order valence-corrected chi connectivity index (χ1v) is 7.55. The van der Waals surface area contributed by atoms with Gasteiger partial charge in [-0.2, -0.15) is 0 Å². The Kier molecular flexibility index (Phi) is 5.71. The van der Waals surface area contributed by atoms with E-state index in [1.54, 1.807) is 36.4 Å². The van der Waals surface area contributed by atoms with Crippen molar-refractivity contribution >= 4 is 29.1 Å². The monoisotopic (exact) mass is 345 g/mol. The van der Waals surface area contributed by atoms with Gasteiger partial charge in [-0.3, -0.25) is 14.4 Å². The molecule has 1 unspecified atom stereocenters. The van der Waals surface area contributed by atoms with Gasteiger partial charge in [0.1, 0.15) is 5.75 Å². The van der Waals surface area contributed by atoms with E-state index < -0.39 is 23.5 Å². The van der Waals surface area contributed by atoms with E-state index in [1.807, 2.05) is 0 Å². The van der Waals surface area contributed by atoms with Crippen LogP contribution in [0.15, 0.2) is 48.5 Å². The Balaban J connectivity index is 2.32. The third-order valence-electron chi connectivity index (χ3n) is 3.38. The maximum absolute atomic E-state index is 12.7. The fourth-order valence-corrected chi connectivity index (χ4v) is 2.28. The number of benzene rings is 2. The van der Waals surface area contributed by atoms with Gasteiger partial charge < -0.3 is 10.1 Å². The molecule has 0 aromatic heterocycles. The average molecular weight is 346 g/mol. The molecule has 0 aliphatic heterocycles. The number of carbonyl (C=O) groups is 3. The summed E-state index contributed by atoms with van der Waals surface area (Å²) in [5.41, 5.74) is 0.594. The van der Waals surface area contributed by atoms with E-state index in [0.29, 0.717) is 21.9 Å². The normalized spacial score (nSPS) is 11.5. The lowest BCUT2D eigenvalue weighted by Gasteiger charge is -2.16. The van der Waals surface area contributed by atoms with Crippen LogP contribution in [0.3, 0.4) is 0 Å². The Morgan fingerprint density at radius 2 is 1.38 bits per heavy atom. The van der Waals surface area contributed by atoms with Gasteiger partial charge in [-0.1, -0.05) is 11.6 Å². The predicted molar refractivity (Wildman–Crippen MR) is 90.7 cm³/mol. The van der Waals surface area contributed by atoms with E-state index in [4.69, 9.17) is 16.3 Å². The summed E-state index contributed by atoms with van der Waals surface area (Å²) in [4.78, 5) is 36.7. The highest BCUT2D eigenvalue weighted by atomic mass is 35.5. The van der Waals surface area contributed by atoms with Gasteiger partial charge in [0, 0.05) is 23.1 Å². The number of amides is 1. The molecular formula is C18H16ClNO4.